The predicted molar refractivity (Wildman–Crippen MR) is 79.8 cm³/mol. The molecule has 112 valence electrons. The van der Waals surface area contributed by atoms with Gasteiger partial charge in [-0.1, -0.05) is 12.8 Å². The molecule has 0 aromatic heterocycles. The maximum Gasteiger partial charge on any atom is 0.191 e. The van der Waals surface area contributed by atoms with Crippen molar-refractivity contribution in [2.45, 2.75) is 57.1 Å². The molecular weight excluding hydrogens is 250 g/mol. The standard InChI is InChI=1S/C16H27N3O/c1-17-15(18-10-11-4-2-5-11)19-13-12-6-9-20-14(12)16(13)7-3-8-16/h11-14H,2-10H2,1H3,(H2,17,18,19). The van der Waals surface area contributed by atoms with Crippen molar-refractivity contribution in [1.82, 2.24) is 10.6 Å². The third-order valence-electron chi connectivity index (χ3n) is 6.33. The third-order valence-corrected chi connectivity index (χ3v) is 6.33. The van der Waals surface area contributed by atoms with E-state index in [2.05, 4.69) is 15.6 Å². The van der Waals surface area contributed by atoms with Gasteiger partial charge in [-0.25, -0.2) is 0 Å². The summed E-state index contributed by atoms with van der Waals surface area (Å²) in [6.07, 6.45) is 10.00. The lowest BCUT2D eigenvalue weighted by Crippen LogP contribution is -2.72. The zero-order valence-corrected chi connectivity index (χ0v) is 12.5. The largest absolute Gasteiger partial charge is 0.377 e. The van der Waals surface area contributed by atoms with Crippen LogP contribution in [0.2, 0.25) is 0 Å². The number of nitrogens with zero attached hydrogens (tertiary/aromatic N) is 1. The van der Waals surface area contributed by atoms with Crippen molar-refractivity contribution in [3.05, 3.63) is 0 Å². The molecule has 0 bridgehead atoms. The molecule has 4 fully saturated rings. The van der Waals surface area contributed by atoms with Crippen LogP contribution in [0.5, 0.6) is 0 Å². The molecule has 1 spiro atoms. The summed E-state index contributed by atoms with van der Waals surface area (Å²) < 4.78 is 5.98. The molecule has 0 amide bonds. The first kappa shape index (κ1) is 12.9. The molecule has 3 saturated carbocycles. The lowest BCUT2D eigenvalue weighted by Gasteiger charge is -2.63. The van der Waals surface area contributed by atoms with Crippen LogP contribution in [0.15, 0.2) is 4.99 Å². The maximum atomic E-state index is 5.98. The molecule has 0 aromatic rings. The summed E-state index contributed by atoms with van der Waals surface area (Å²) in [7, 11) is 1.89. The van der Waals surface area contributed by atoms with Crippen LogP contribution in [0.4, 0.5) is 0 Å². The molecule has 4 rings (SSSR count). The van der Waals surface area contributed by atoms with Crippen molar-refractivity contribution in [3.8, 4) is 0 Å². The van der Waals surface area contributed by atoms with Gasteiger partial charge in [0, 0.05) is 37.6 Å². The zero-order valence-electron chi connectivity index (χ0n) is 12.5. The van der Waals surface area contributed by atoms with Crippen molar-refractivity contribution in [3.63, 3.8) is 0 Å². The first-order valence-electron chi connectivity index (χ1n) is 8.42. The number of hydrogen-bond acceptors (Lipinski definition) is 2. The molecular formula is C16H27N3O. The molecule has 4 heteroatoms. The summed E-state index contributed by atoms with van der Waals surface area (Å²) in [6, 6.07) is 0.594. The van der Waals surface area contributed by atoms with E-state index in [0.29, 0.717) is 17.6 Å². The van der Waals surface area contributed by atoms with Gasteiger partial charge >= 0.3 is 0 Å². The zero-order chi connectivity index (χ0) is 13.6. The van der Waals surface area contributed by atoms with Crippen molar-refractivity contribution in [2.24, 2.45) is 22.2 Å². The van der Waals surface area contributed by atoms with Gasteiger partial charge in [0.2, 0.25) is 0 Å². The van der Waals surface area contributed by atoms with E-state index in [1.807, 2.05) is 7.05 Å². The van der Waals surface area contributed by atoms with Gasteiger partial charge in [0.15, 0.2) is 5.96 Å². The van der Waals surface area contributed by atoms with E-state index in [-0.39, 0.29) is 0 Å². The average molecular weight is 277 g/mol. The second kappa shape index (κ2) is 4.90. The fourth-order valence-electron chi connectivity index (χ4n) is 4.74. The van der Waals surface area contributed by atoms with Crippen LogP contribution < -0.4 is 10.6 Å². The molecule has 3 atom stereocenters. The number of nitrogens with one attached hydrogen (secondary N) is 2. The fourth-order valence-corrected chi connectivity index (χ4v) is 4.74. The summed E-state index contributed by atoms with van der Waals surface area (Å²) in [5.74, 6) is 2.60. The minimum Gasteiger partial charge on any atom is -0.377 e. The Morgan fingerprint density at radius 1 is 1.25 bits per heavy atom. The van der Waals surface area contributed by atoms with Crippen LogP contribution in [0.1, 0.15) is 44.9 Å². The Morgan fingerprint density at radius 3 is 2.70 bits per heavy atom. The molecule has 1 aliphatic heterocycles. The Balaban J connectivity index is 1.36. The molecule has 1 heterocycles. The van der Waals surface area contributed by atoms with Crippen LogP contribution in [-0.2, 0) is 4.74 Å². The third kappa shape index (κ3) is 1.80. The smallest absolute Gasteiger partial charge is 0.191 e. The Bertz CT molecular complexity index is 401. The second-order valence-electron chi connectivity index (χ2n) is 7.20. The van der Waals surface area contributed by atoms with Gasteiger partial charge in [0.1, 0.15) is 0 Å². The van der Waals surface area contributed by atoms with E-state index in [9.17, 15) is 0 Å². The lowest BCUT2D eigenvalue weighted by molar-refractivity contribution is -0.171. The first-order chi connectivity index (χ1) is 9.83. The lowest BCUT2D eigenvalue weighted by atomic mass is 9.46. The van der Waals surface area contributed by atoms with Crippen LogP contribution in [0.3, 0.4) is 0 Å². The van der Waals surface area contributed by atoms with E-state index >= 15 is 0 Å². The van der Waals surface area contributed by atoms with Crippen LogP contribution >= 0.6 is 0 Å². The Morgan fingerprint density at radius 2 is 2.10 bits per heavy atom. The first-order valence-corrected chi connectivity index (χ1v) is 8.42. The Kier molecular flexibility index (Phi) is 3.17. The number of hydrogen-bond donors (Lipinski definition) is 2. The summed E-state index contributed by atoms with van der Waals surface area (Å²) in [4.78, 5) is 4.43. The maximum absolute atomic E-state index is 5.98. The highest BCUT2D eigenvalue weighted by molar-refractivity contribution is 5.80. The van der Waals surface area contributed by atoms with Gasteiger partial charge in [-0.2, -0.15) is 0 Å². The molecule has 1 saturated heterocycles. The highest BCUT2D eigenvalue weighted by Crippen LogP contribution is 2.62. The van der Waals surface area contributed by atoms with Crippen LogP contribution in [0.25, 0.3) is 0 Å². The van der Waals surface area contributed by atoms with E-state index < -0.39 is 0 Å². The summed E-state index contributed by atoms with van der Waals surface area (Å²) in [5.41, 5.74) is 0.440. The van der Waals surface area contributed by atoms with Gasteiger partial charge in [-0.3, -0.25) is 4.99 Å². The Hall–Kier alpha value is -0.770. The number of ether oxygens (including phenoxy) is 1. The van der Waals surface area contributed by atoms with E-state index in [4.69, 9.17) is 4.74 Å². The monoisotopic (exact) mass is 277 g/mol. The SMILES string of the molecule is CN=C(NCC1CCC1)NC1C2CCOC2C12CCC2. The van der Waals surface area contributed by atoms with Gasteiger partial charge in [-0.05, 0) is 38.0 Å². The van der Waals surface area contributed by atoms with Gasteiger partial charge in [-0.15, -0.1) is 0 Å². The molecule has 20 heavy (non-hydrogen) atoms. The van der Waals surface area contributed by atoms with Gasteiger partial charge in [0.05, 0.1) is 6.10 Å². The average Bonchev–Trinajstić information content (AvgIpc) is 2.74. The van der Waals surface area contributed by atoms with E-state index in [1.54, 1.807) is 0 Å². The normalized spacial score (nSPS) is 38.6. The summed E-state index contributed by atoms with van der Waals surface area (Å²) >= 11 is 0. The molecule has 3 unspecified atom stereocenters. The number of rotatable bonds is 3. The van der Waals surface area contributed by atoms with E-state index in [1.165, 1.54) is 44.9 Å². The minimum atomic E-state index is 0.440. The van der Waals surface area contributed by atoms with Gasteiger partial charge in [0.25, 0.3) is 0 Å². The minimum absolute atomic E-state index is 0.440. The van der Waals surface area contributed by atoms with Crippen molar-refractivity contribution >= 4 is 5.96 Å². The number of aliphatic imine (C=N–C) groups is 1. The van der Waals surface area contributed by atoms with Crippen LogP contribution in [0, 0.1) is 17.3 Å². The quantitative estimate of drug-likeness (QED) is 0.612. The highest BCUT2D eigenvalue weighted by Gasteiger charge is 2.66. The van der Waals surface area contributed by atoms with Gasteiger partial charge < -0.3 is 15.4 Å². The fraction of sp³-hybridized carbons (Fsp3) is 0.938. The second-order valence-corrected chi connectivity index (χ2v) is 7.20. The molecule has 4 aliphatic rings. The topological polar surface area (TPSA) is 45.7 Å². The molecule has 4 nitrogen and oxygen atoms in total. The predicted octanol–water partition coefficient (Wildman–Crippen LogP) is 1.91. The molecule has 3 aliphatic carbocycles. The molecule has 2 N–H and O–H groups in total. The van der Waals surface area contributed by atoms with Crippen LogP contribution in [-0.4, -0.2) is 38.3 Å². The van der Waals surface area contributed by atoms with Crippen molar-refractivity contribution in [2.75, 3.05) is 20.2 Å². The summed E-state index contributed by atoms with van der Waals surface area (Å²) in [6.45, 7) is 2.05. The highest BCUT2D eigenvalue weighted by atomic mass is 16.5. The van der Waals surface area contributed by atoms with Crippen molar-refractivity contribution < 1.29 is 4.74 Å². The van der Waals surface area contributed by atoms with E-state index in [0.717, 1.165) is 30.9 Å². The van der Waals surface area contributed by atoms with Crippen molar-refractivity contribution in [1.29, 1.82) is 0 Å². The number of guanidine groups is 1. The Labute approximate surface area is 121 Å². The molecule has 0 radical (unpaired) electrons. The summed E-state index contributed by atoms with van der Waals surface area (Å²) in [5, 5.41) is 7.26. The molecule has 0 aromatic carbocycles. The number of fused-ring (bicyclic) bond motifs is 2.